The van der Waals surface area contributed by atoms with Crippen LogP contribution in [0.4, 0.5) is 0 Å². The molecule has 1 aliphatic rings. The second-order valence-electron chi connectivity index (χ2n) is 6.49. The minimum absolute atomic E-state index is 0.0400. The lowest BCUT2D eigenvalue weighted by molar-refractivity contribution is 0.0697. The second kappa shape index (κ2) is 7.66. The first kappa shape index (κ1) is 19.3. The summed E-state index contributed by atoms with van der Waals surface area (Å²) in [4.78, 5) is 14.8. The van der Waals surface area contributed by atoms with Crippen LogP contribution >= 0.6 is 22.6 Å². The van der Waals surface area contributed by atoms with Gasteiger partial charge < -0.3 is 4.90 Å². The first-order valence-corrected chi connectivity index (χ1v) is 10.9. The van der Waals surface area contributed by atoms with E-state index in [2.05, 4.69) is 22.6 Å². The number of hydrogen-bond donors (Lipinski definition) is 0. The molecular formula is C19H21IN2O3S. The summed E-state index contributed by atoms with van der Waals surface area (Å²) in [6.07, 6.45) is 0. The van der Waals surface area contributed by atoms with Crippen molar-refractivity contribution in [3.8, 4) is 0 Å². The molecule has 0 radical (unpaired) electrons. The summed E-state index contributed by atoms with van der Waals surface area (Å²) in [7, 11) is -3.51. The van der Waals surface area contributed by atoms with E-state index in [1.165, 1.54) is 4.31 Å². The summed E-state index contributed by atoms with van der Waals surface area (Å²) in [6, 6.07) is 12.6. The molecule has 0 spiro atoms. The first-order chi connectivity index (χ1) is 12.3. The SMILES string of the molecule is Cc1ccc(S(=O)(=O)N2CCN(C(=O)c3ccc(C)cc3I)CC2)cc1. The van der Waals surface area contributed by atoms with Crippen LogP contribution < -0.4 is 0 Å². The van der Waals surface area contributed by atoms with E-state index in [4.69, 9.17) is 0 Å². The molecule has 0 saturated carbocycles. The lowest BCUT2D eigenvalue weighted by atomic mass is 10.1. The van der Waals surface area contributed by atoms with E-state index in [0.717, 1.165) is 14.7 Å². The lowest BCUT2D eigenvalue weighted by Crippen LogP contribution is -2.50. The number of amides is 1. The summed E-state index contributed by atoms with van der Waals surface area (Å²) in [5.74, 6) is -0.0400. The Morgan fingerprint density at radius 1 is 0.923 bits per heavy atom. The normalized spacial score (nSPS) is 15.9. The van der Waals surface area contributed by atoms with Gasteiger partial charge in [-0.25, -0.2) is 8.42 Å². The maximum Gasteiger partial charge on any atom is 0.255 e. The molecule has 2 aromatic carbocycles. The average Bonchev–Trinajstić information content (AvgIpc) is 2.62. The van der Waals surface area contributed by atoms with Crippen molar-refractivity contribution in [1.29, 1.82) is 0 Å². The highest BCUT2D eigenvalue weighted by atomic mass is 127. The standard InChI is InChI=1S/C19H21IN2O3S/c1-14-3-6-16(7-4-14)26(24,25)22-11-9-21(10-12-22)19(23)17-8-5-15(2)13-18(17)20/h3-8,13H,9-12H2,1-2H3. The number of benzene rings is 2. The Balaban J connectivity index is 1.70. The maximum absolute atomic E-state index is 12.8. The Labute approximate surface area is 168 Å². The number of rotatable bonds is 3. The van der Waals surface area contributed by atoms with Gasteiger partial charge in [-0.05, 0) is 60.7 Å². The van der Waals surface area contributed by atoms with Crippen LogP contribution in [-0.2, 0) is 10.0 Å². The van der Waals surface area contributed by atoms with Crippen molar-refractivity contribution in [3.05, 3.63) is 62.7 Å². The van der Waals surface area contributed by atoms with Crippen molar-refractivity contribution in [2.75, 3.05) is 26.2 Å². The molecule has 0 aliphatic carbocycles. The largest absolute Gasteiger partial charge is 0.336 e. The van der Waals surface area contributed by atoms with Crippen LogP contribution in [0.5, 0.6) is 0 Å². The van der Waals surface area contributed by atoms with Crippen LogP contribution in [0.2, 0.25) is 0 Å². The molecule has 26 heavy (non-hydrogen) atoms. The molecule has 1 heterocycles. The van der Waals surface area contributed by atoms with E-state index in [-0.39, 0.29) is 5.91 Å². The fourth-order valence-corrected chi connectivity index (χ4v) is 5.28. The molecule has 7 heteroatoms. The Morgan fingerprint density at radius 2 is 1.50 bits per heavy atom. The number of nitrogens with zero attached hydrogens (tertiary/aromatic N) is 2. The smallest absolute Gasteiger partial charge is 0.255 e. The number of carbonyl (C=O) groups is 1. The Bertz CT molecular complexity index is 918. The Hall–Kier alpha value is -1.45. The molecular weight excluding hydrogens is 463 g/mol. The minimum Gasteiger partial charge on any atom is -0.336 e. The molecule has 1 saturated heterocycles. The van der Waals surface area contributed by atoms with Crippen molar-refractivity contribution in [3.63, 3.8) is 0 Å². The van der Waals surface area contributed by atoms with E-state index in [9.17, 15) is 13.2 Å². The molecule has 2 aromatic rings. The fraction of sp³-hybridized carbons (Fsp3) is 0.316. The summed E-state index contributed by atoms with van der Waals surface area (Å²) in [5.41, 5.74) is 2.80. The third kappa shape index (κ3) is 3.94. The van der Waals surface area contributed by atoms with Crippen LogP contribution in [0.25, 0.3) is 0 Å². The van der Waals surface area contributed by atoms with Crippen LogP contribution in [0.3, 0.4) is 0 Å². The van der Waals surface area contributed by atoms with E-state index >= 15 is 0 Å². The molecule has 0 atom stereocenters. The zero-order valence-corrected chi connectivity index (χ0v) is 17.7. The van der Waals surface area contributed by atoms with Gasteiger partial charge in [-0.2, -0.15) is 4.31 Å². The third-order valence-corrected chi connectivity index (χ3v) is 7.34. The highest BCUT2D eigenvalue weighted by Crippen LogP contribution is 2.21. The molecule has 0 N–H and O–H groups in total. The van der Waals surface area contributed by atoms with E-state index in [1.807, 2.05) is 32.0 Å². The van der Waals surface area contributed by atoms with Crippen LogP contribution in [0.1, 0.15) is 21.5 Å². The summed E-state index contributed by atoms with van der Waals surface area (Å²) in [5, 5.41) is 0. The van der Waals surface area contributed by atoms with Gasteiger partial charge in [0.25, 0.3) is 5.91 Å². The van der Waals surface area contributed by atoms with Crippen LogP contribution in [-0.4, -0.2) is 49.7 Å². The molecule has 138 valence electrons. The maximum atomic E-state index is 12.8. The molecule has 1 fully saturated rings. The first-order valence-electron chi connectivity index (χ1n) is 8.41. The molecule has 0 aromatic heterocycles. The highest BCUT2D eigenvalue weighted by molar-refractivity contribution is 14.1. The van der Waals surface area contributed by atoms with E-state index < -0.39 is 10.0 Å². The van der Waals surface area contributed by atoms with Gasteiger partial charge >= 0.3 is 0 Å². The highest BCUT2D eigenvalue weighted by Gasteiger charge is 2.30. The van der Waals surface area contributed by atoms with E-state index in [0.29, 0.717) is 36.6 Å². The number of halogens is 1. The topological polar surface area (TPSA) is 57.7 Å². The molecule has 1 aliphatic heterocycles. The minimum atomic E-state index is -3.51. The predicted octanol–water partition coefficient (Wildman–Crippen LogP) is 3.05. The molecule has 1 amide bonds. The van der Waals surface area contributed by atoms with Gasteiger partial charge in [-0.15, -0.1) is 0 Å². The molecule has 3 rings (SSSR count). The predicted molar refractivity (Wildman–Crippen MR) is 110 cm³/mol. The van der Waals surface area contributed by atoms with Gasteiger partial charge in [0.1, 0.15) is 0 Å². The molecule has 0 unspecified atom stereocenters. The summed E-state index contributed by atoms with van der Waals surface area (Å²) >= 11 is 2.17. The summed E-state index contributed by atoms with van der Waals surface area (Å²) in [6.45, 7) is 5.33. The number of piperazine rings is 1. The lowest BCUT2D eigenvalue weighted by Gasteiger charge is -2.34. The third-order valence-electron chi connectivity index (χ3n) is 4.54. The van der Waals surface area contributed by atoms with Gasteiger partial charge in [0.15, 0.2) is 0 Å². The van der Waals surface area contributed by atoms with Crippen molar-refractivity contribution in [2.24, 2.45) is 0 Å². The van der Waals surface area contributed by atoms with Crippen LogP contribution in [0, 0.1) is 17.4 Å². The zero-order chi connectivity index (χ0) is 18.9. The van der Waals surface area contributed by atoms with Gasteiger partial charge in [0.2, 0.25) is 10.0 Å². The Kier molecular flexibility index (Phi) is 5.69. The van der Waals surface area contributed by atoms with Crippen molar-refractivity contribution >= 4 is 38.5 Å². The van der Waals surface area contributed by atoms with Crippen molar-refractivity contribution in [1.82, 2.24) is 9.21 Å². The number of carbonyl (C=O) groups excluding carboxylic acids is 1. The van der Waals surface area contributed by atoms with Gasteiger partial charge in [-0.1, -0.05) is 29.3 Å². The number of hydrogen-bond acceptors (Lipinski definition) is 3. The Morgan fingerprint density at radius 3 is 2.08 bits per heavy atom. The average molecular weight is 484 g/mol. The van der Waals surface area contributed by atoms with Gasteiger partial charge in [0, 0.05) is 29.7 Å². The van der Waals surface area contributed by atoms with Crippen molar-refractivity contribution < 1.29 is 13.2 Å². The number of aryl methyl sites for hydroxylation is 2. The van der Waals surface area contributed by atoms with Crippen molar-refractivity contribution in [2.45, 2.75) is 18.7 Å². The summed E-state index contributed by atoms with van der Waals surface area (Å²) < 4.78 is 27.9. The fourth-order valence-electron chi connectivity index (χ4n) is 2.95. The van der Waals surface area contributed by atoms with Crippen LogP contribution in [0.15, 0.2) is 47.4 Å². The zero-order valence-electron chi connectivity index (χ0n) is 14.8. The number of sulfonamides is 1. The van der Waals surface area contributed by atoms with E-state index in [1.54, 1.807) is 29.2 Å². The molecule has 0 bridgehead atoms. The molecule has 5 nitrogen and oxygen atoms in total. The monoisotopic (exact) mass is 484 g/mol. The van der Waals surface area contributed by atoms with Gasteiger partial charge in [-0.3, -0.25) is 4.79 Å². The quantitative estimate of drug-likeness (QED) is 0.630. The van der Waals surface area contributed by atoms with Gasteiger partial charge in [0.05, 0.1) is 10.5 Å². The second-order valence-corrected chi connectivity index (χ2v) is 9.59.